The van der Waals surface area contributed by atoms with Crippen LogP contribution in [0.1, 0.15) is 37.7 Å². The summed E-state index contributed by atoms with van der Waals surface area (Å²) in [6.45, 7) is 2.04. The molecular weight excluding hydrogens is 382 g/mol. The molecule has 0 spiro atoms. The van der Waals surface area contributed by atoms with E-state index in [1.165, 1.54) is 0 Å². The van der Waals surface area contributed by atoms with Gasteiger partial charge in [0.15, 0.2) is 11.5 Å². The Hall–Kier alpha value is -3.28. The van der Waals surface area contributed by atoms with Crippen LogP contribution in [0.15, 0.2) is 45.6 Å². The number of amides is 1. The van der Waals surface area contributed by atoms with E-state index in [2.05, 4.69) is 5.32 Å². The summed E-state index contributed by atoms with van der Waals surface area (Å²) in [6.07, 6.45) is 4.99. The first-order chi connectivity index (χ1) is 14.6. The SMILES string of the molecule is Cc1cccc2c(=O)c(-c3ccc4c(c3)OCO4)c(NC(=O)C3CCCCC3)oc12. The largest absolute Gasteiger partial charge is 0.454 e. The first-order valence-electron chi connectivity index (χ1n) is 10.4. The molecule has 1 amide bonds. The molecule has 6 heteroatoms. The van der Waals surface area contributed by atoms with Crippen LogP contribution in [0.5, 0.6) is 11.5 Å². The smallest absolute Gasteiger partial charge is 0.231 e. The molecule has 30 heavy (non-hydrogen) atoms. The van der Waals surface area contributed by atoms with Crippen LogP contribution in [0.4, 0.5) is 5.88 Å². The molecule has 1 saturated carbocycles. The van der Waals surface area contributed by atoms with Crippen molar-refractivity contribution in [1.29, 1.82) is 0 Å². The second-order valence-electron chi connectivity index (χ2n) is 7.98. The molecule has 0 unspecified atom stereocenters. The third-order valence-corrected chi connectivity index (χ3v) is 5.99. The number of para-hydroxylation sites is 1. The molecule has 0 bridgehead atoms. The van der Waals surface area contributed by atoms with Crippen molar-refractivity contribution in [2.75, 3.05) is 12.1 Å². The summed E-state index contributed by atoms with van der Waals surface area (Å²) in [5, 5.41) is 3.41. The monoisotopic (exact) mass is 405 g/mol. The summed E-state index contributed by atoms with van der Waals surface area (Å²) in [5.74, 6) is 1.25. The number of carbonyl (C=O) groups is 1. The van der Waals surface area contributed by atoms with Crippen LogP contribution in [-0.2, 0) is 4.79 Å². The van der Waals surface area contributed by atoms with E-state index in [-0.39, 0.29) is 29.9 Å². The minimum absolute atomic E-state index is 0.0544. The summed E-state index contributed by atoms with van der Waals surface area (Å²) in [6, 6.07) is 10.8. The second-order valence-corrected chi connectivity index (χ2v) is 7.98. The van der Waals surface area contributed by atoms with Gasteiger partial charge in [-0.25, -0.2) is 0 Å². The molecule has 1 aliphatic carbocycles. The fourth-order valence-corrected chi connectivity index (χ4v) is 4.34. The number of ether oxygens (including phenoxy) is 2. The summed E-state index contributed by atoms with van der Waals surface area (Å²) in [7, 11) is 0. The third kappa shape index (κ3) is 3.22. The molecule has 0 radical (unpaired) electrons. The molecule has 5 rings (SSSR count). The Labute approximate surface area is 173 Å². The highest BCUT2D eigenvalue weighted by atomic mass is 16.7. The third-order valence-electron chi connectivity index (χ3n) is 5.99. The van der Waals surface area contributed by atoms with Gasteiger partial charge >= 0.3 is 0 Å². The lowest BCUT2D eigenvalue weighted by atomic mass is 9.88. The van der Waals surface area contributed by atoms with Gasteiger partial charge in [0.2, 0.25) is 24.0 Å². The van der Waals surface area contributed by atoms with Gasteiger partial charge in [0.25, 0.3) is 0 Å². The fraction of sp³-hybridized carbons (Fsp3) is 0.333. The van der Waals surface area contributed by atoms with Gasteiger partial charge in [0.05, 0.1) is 10.9 Å². The van der Waals surface area contributed by atoms with Crippen LogP contribution < -0.4 is 20.2 Å². The molecule has 2 aliphatic rings. The number of anilines is 1. The van der Waals surface area contributed by atoms with Crippen molar-refractivity contribution in [3.8, 4) is 22.6 Å². The summed E-state index contributed by atoms with van der Waals surface area (Å²) in [4.78, 5) is 26.4. The van der Waals surface area contributed by atoms with Crippen LogP contribution in [-0.4, -0.2) is 12.7 Å². The van der Waals surface area contributed by atoms with Gasteiger partial charge < -0.3 is 13.9 Å². The molecule has 2 heterocycles. The van der Waals surface area contributed by atoms with Gasteiger partial charge in [0, 0.05) is 5.92 Å². The van der Waals surface area contributed by atoms with Gasteiger partial charge in [-0.3, -0.25) is 14.9 Å². The van der Waals surface area contributed by atoms with E-state index in [9.17, 15) is 9.59 Å². The van der Waals surface area contributed by atoms with E-state index < -0.39 is 0 Å². The summed E-state index contributed by atoms with van der Waals surface area (Å²) in [5.41, 5.74) is 2.10. The quantitative estimate of drug-likeness (QED) is 0.662. The zero-order valence-corrected chi connectivity index (χ0v) is 16.8. The van der Waals surface area contributed by atoms with E-state index in [0.29, 0.717) is 33.6 Å². The van der Waals surface area contributed by atoms with Crippen molar-refractivity contribution in [3.63, 3.8) is 0 Å². The van der Waals surface area contributed by atoms with Gasteiger partial charge in [-0.2, -0.15) is 0 Å². The zero-order valence-electron chi connectivity index (χ0n) is 16.8. The van der Waals surface area contributed by atoms with Gasteiger partial charge in [-0.05, 0) is 49.1 Å². The fourth-order valence-electron chi connectivity index (χ4n) is 4.34. The average molecular weight is 405 g/mol. The normalized spacial score (nSPS) is 16.0. The van der Waals surface area contributed by atoms with Crippen LogP contribution in [0, 0.1) is 12.8 Å². The van der Waals surface area contributed by atoms with Crippen molar-refractivity contribution < 1.29 is 18.7 Å². The molecule has 1 aromatic heterocycles. The number of carbonyl (C=O) groups excluding carboxylic acids is 1. The second kappa shape index (κ2) is 7.52. The number of benzene rings is 2. The number of fused-ring (bicyclic) bond motifs is 2. The van der Waals surface area contributed by atoms with E-state index in [1.807, 2.05) is 19.1 Å². The molecule has 0 atom stereocenters. The minimum atomic E-state index is -0.183. The Morgan fingerprint density at radius 3 is 2.67 bits per heavy atom. The van der Waals surface area contributed by atoms with Crippen molar-refractivity contribution in [2.45, 2.75) is 39.0 Å². The molecule has 2 aromatic carbocycles. The Bertz CT molecular complexity index is 1190. The maximum absolute atomic E-state index is 13.5. The molecule has 1 N–H and O–H groups in total. The minimum Gasteiger partial charge on any atom is -0.454 e. The molecular formula is C24H23NO5. The van der Waals surface area contributed by atoms with Crippen molar-refractivity contribution in [1.82, 2.24) is 0 Å². The number of aryl methyl sites for hydroxylation is 1. The highest BCUT2D eigenvalue weighted by molar-refractivity contribution is 5.97. The van der Waals surface area contributed by atoms with Crippen LogP contribution in [0.25, 0.3) is 22.1 Å². The van der Waals surface area contributed by atoms with E-state index >= 15 is 0 Å². The Morgan fingerprint density at radius 2 is 1.83 bits per heavy atom. The Balaban J connectivity index is 1.65. The zero-order chi connectivity index (χ0) is 20.7. The van der Waals surface area contributed by atoms with Gasteiger partial charge in [-0.15, -0.1) is 0 Å². The summed E-state index contributed by atoms with van der Waals surface area (Å²) < 4.78 is 17.0. The van der Waals surface area contributed by atoms with Crippen molar-refractivity contribution >= 4 is 22.8 Å². The van der Waals surface area contributed by atoms with E-state index in [1.54, 1.807) is 24.3 Å². The predicted molar refractivity (Wildman–Crippen MR) is 114 cm³/mol. The maximum Gasteiger partial charge on any atom is 0.231 e. The Morgan fingerprint density at radius 1 is 1.03 bits per heavy atom. The lowest BCUT2D eigenvalue weighted by Gasteiger charge is -2.21. The first-order valence-corrected chi connectivity index (χ1v) is 10.4. The van der Waals surface area contributed by atoms with Crippen molar-refractivity contribution in [3.05, 3.63) is 52.2 Å². The average Bonchev–Trinajstić information content (AvgIpc) is 3.23. The number of rotatable bonds is 3. The molecule has 1 aliphatic heterocycles. The molecule has 1 fully saturated rings. The maximum atomic E-state index is 13.5. The molecule has 154 valence electrons. The molecule has 0 saturated heterocycles. The predicted octanol–water partition coefficient (Wildman–Crippen LogP) is 5.02. The highest BCUT2D eigenvalue weighted by Gasteiger charge is 2.26. The topological polar surface area (TPSA) is 77.8 Å². The first kappa shape index (κ1) is 18.7. The van der Waals surface area contributed by atoms with Crippen molar-refractivity contribution in [2.24, 2.45) is 5.92 Å². The standard InChI is InChI=1S/C24H23NO5/c1-14-6-5-9-17-21(26)20(16-10-11-18-19(12-16)29-13-28-18)24(30-22(14)17)25-23(27)15-7-3-2-4-8-15/h5-6,9-12,15H,2-4,7-8,13H2,1H3,(H,25,27). The molecule has 6 nitrogen and oxygen atoms in total. The number of hydrogen-bond acceptors (Lipinski definition) is 5. The number of nitrogens with one attached hydrogen (secondary N) is 1. The summed E-state index contributed by atoms with van der Waals surface area (Å²) >= 11 is 0. The van der Waals surface area contributed by atoms with Crippen LogP contribution in [0.3, 0.4) is 0 Å². The van der Waals surface area contributed by atoms with Gasteiger partial charge in [-0.1, -0.05) is 37.5 Å². The Kier molecular flexibility index (Phi) is 4.69. The number of hydrogen-bond donors (Lipinski definition) is 1. The van der Waals surface area contributed by atoms with E-state index in [4.69, 9.17) is 13.9 Å². The lowest BCUT2D eigenvalue weighted by molar-refractivity contribution is -0.120. The highest BCUT2D eigenvalue weighted by Crippen LogP contribution is 2.38. The van der Waals surface area contributed by atoms with Crippen LogP contribution in [0.2, 0.25) is 0 Å². The molecule has 3 aromatic rings. The lowest BCUT2D eigenvalue weighted by Crippen LogP contribution is -2.26. The van der Waals surface area contributed by atoms with Gasteiger partial charge in [0.1, 0.15) is 5.58 Å². The van der Waals surface area contributed by atoms with Crippen LogP contribution >= 0.6 is 0 Å². The van der Waals surface area contributed by atoms with E-state index in [0.717, 1.165) is 37.7 Å².